The van der Waals surface area contributed by atoms with Crippen LogP contribution in [0.1, 0.15) is 51.9 Å². The zero-order valence-electron chi connectivity index (χ0n) is 10.9. The first kappa shape index (κ1) is 12.9. The van der Waals surface area contributed by atoms with Gasteiger partial charge in [-0.25, -0.2) is 0 Å². The molecule has 1 N–H and O–H groups in total. The molecule has 2 fully saturated rings. The second-order valence-electron chi connectivity index (χ2n) is 5.84. The number of nitriles is 1. The first-order chi connectivity index (χ1) is 8.22. The Morgan fingerprint density at radius 1 is 1.29 bits per heavy atom. The normalized spacial score (nSPS) is 24.5. The minimum absolute atomic E-state index is 0.392. The fourth-order valence-corrected chi connectivity index (χ4v) is 2.54. The molecule has 3 heteroatoms. The first-order valence-electron chi connectivity index (χ1n) is 6.98. The second-order valence-corrected chi connectivity index (χ2v) is 5.84. The van der Waals surface area contributed by atoms with Crippen LogP contribution in [0.15, 0.2) is 0 Å². The Kier molecular flexibility index (Phi) is 4.42. The van der Waals surface area contributed by atoms with Gasteiger partial charge in [-0.3, -0.25) is 5.32 Å². The Labute approximate surface area is 105 Å². The van der Waals surface area contributed by atoms with Crippen LogP contribution in [0.3, 0.4) is 0 Å². The number of hydrogen-bond acceptors (Lipinski definition) is 3. The average molecular weight is 236 g/mol. The lowest BCUT2D eigenvalue weighted by Gasteiger charge is -2.23. The van der Waals surface area contributed by atoms with Crippen molar-refractivity contribution in [2.24, 2.45) is 5.92 Å². The molecule has 2 rings (SSSR count). The van der Waals surface area contributed by atoms with Crippen LogP contribution in [0.25, 0.3) is 0 Å². The molecule has 2 saturated carbocycles. The van der Waals surface area contributed by atoms with Crippen molar-refractivity contribution in [1.82, 2.24) is 5.32 Å². The molecule has 0 heterocycles. The molecule has 3 nitrogen and oxygen atoms in total. The summed E-state index contributed by atoms with van der Waals surface area (Å²) in [5.74, 6) is 0.778. The highest BCUT2D eigenvalue weighted by atomic mass is 16.5. The van der Waals surface area contributed by atoms with E-state index in [0.717, 1.165) is 18.9 Å². The monoisotopic (exact) mass is 236 g/mol. The molecule has 0 bridgehead atoms. The van der Waals surface area contributed by atoms with Gasteiger partial charge < -0.3 is 4.74 Å². The Morgan fingerprint density at radius 3 is 2.59 bits per heavy atom. The first-order valence-corrected chi connectivity index (χ1v) is 6.98. The zero-order chi connectivity index (χ0) is 12.1. The highest BCUT2D eigenvalue weighted by Crippen LogP contribution is 2.26. The van der Waals surface area contributed by atoms with E-state index in [9.17, 15) is 5.26 Å². The van der Waals surface area contributed by atoms with Crippen LogP contribution in [0.4, 0.5) is 0 Å². The molecule has 0 aromatic heterocycles. The molecule has 96 valence electrons. The van der Waals surface area contributed by atoms with E-state index in [1.54, 1.807) is 0 Å². The lowest BCUT2D eigenvalue weighted by molar-refractivity contribution is 0.0888. The molecule has 1 atom stereocenters. The molecule has 0 radical (unpaired) electrons. The van der Waals surface area contributed by atoms with E-state index < -0.39 is 5.54 Å². The molecule has 17 heavy (non-hydrogen) atoms. The van der Waals surface area contributed by atoms with E-state index in [2.05, 4.69) is 11.4 Å². The third-order valence-corrected chi connectivity index (χ3v) is 3.92. The highest BCUT2D eigenvalue weighted by Gasteiger charge is 2.32. The maximum Gasteiger partial charge on any atom is 0.106 e. The molecule has 0 aliphatic heterocycles. The van der Waals surface area contributed by atoms with Gasteiger partial charge in [0.05, 0.1) is 6.07 Å². The topological polar surface area (TPSA) is 45.0 Å². The quantitative estimate of drug-likeness (QED) is 0.691. The van der Waals surface area contributed by atoms with Crippen LogP contribution < -0.4 is 5.32 Å². The van der Waals surface area contributed by atoms with Crippen molar-refractivity contribution in [3.05, 3.63) is 0 Å². The fourth-order valence-electron chi connectivity index (χ4n) is 2.54. The third kappa shape index (κ3) is 4.29. The van der Waals surface area contributed by atoms with Crippen molar-refractivity contribution in [2.75, 3.05) is 13.2 Å². The predicted octanol–water partition coefficient (Wildman–Crippen LogP) is 2.62. The van der Waals surface area contributed by atoms with Gasteiger partial charge >= 0.3 is 0 Å². The Hall–Kier alpha value is -0.590. The molecular weight excluding hydrogens is 212 g/mol. The second kappa shape index (κ2) is 5.84. The molecular formula is C14H24N2O. The van der Waals surface area contributed by atoms with Crippen LogP contribution in [0, 0.1) is 17.2 Å². The minimum atomic E-state index is -0.392. The van der Waals surface area contributed by atoms with Gasteiger partial charge in [0.2, 0.25) is 0 Å². The van der Waals surface area contributed by atoms with Crippen LogP contribution in [0.5, 0.6) is 0 Å². The van der Waals surface area contributed by atoms with E-state index in [1.165, 1.54) is 38.5 Å². The van der Waals surface area contributed by atoms with Gasteiger partial charge in [-0.15, -0.1) is 0 Å². The minimum Gasteiger partial charge on any atom is -0.381 e. The molecule has 0 saturated heterocycles. The SMILES string of the molecule is CC(C#N)(CCOCC1CCCC1)NC1CC1. The largest absolute Gasteiger partial charge is 0.381 e. The van der Waals surface area contributed by atoms with Crippen molar-refractivity contribution < 1.29 is 4.74 Å². The molecule has 2 aliphatic carbocycles. The Balaban J connectivity index is 1.60. The number of nitrogens with one attached hydrogen (secondary N) is 1. The smallest absolute Gasteiger partial charge is 0.106 e. The van der Waals surface area contributed by atoms with E-state index >= 15 is 0 Å². The number of nitrogens with zero attached hydrogens (tertiary/aromatic N) is 1. The summed E-state index contributed by atoms with van der Waals surface area (Å²) in [6.07, 6.45) is 8.64. The number of hydrogen-bond donors (Lipinski definition) is 1. The number of ether oxygens (including phenoxy) is 1. The maximum absolute atomic E-state index is 9.20. The molecule has 0 spiro atoms. The van der Waals surface area contributed by atoms with Crippen molar-refractivity contribution in [3.63, 3.8) is 0 Å². The van der Waals surface area contributed by atoms with Crippen LogP contribution >= 0.6 is 0 Å². The van der Waals surface area contributed by atoms with E-state index in [0.29, 0.717) is 12.6 Å². The maximum atomic E-state index is 9.20. The van der Waals surface area contributed by atoms with E-state index in [4.69, 9.17) is 4.74 Å². The molecule has 0 aromatic rings. The average Bonchev–Trinajstić information content (AvgIpc) is 2.97. The zero-order valence-corrected chi connectivity index (χ0v) is 10.9. The van der Waals surface area contributed by atoms with Crippen molar-refractivity contribution in [3.8, 4) is 6.07 Å². The van der Waals surface area contributed by atoms with E-state index in [1.807, 2.05) is 6.92 Å². The summed E-state index contributed by atoms with van der Waals surface area (Å²) in [6, 6.07) is 2.97. The molecule has 2 aliphatic rings. The van der Waals surface area contributed by atoms with Crippen LogP contribution in [-0.4, -0.2) is 24.8 Å². The van der Waals surface area contributed by atoms with Crippen LogP contribution in [0.2, 0.25) is 0 Å². The van der Waals surface area contributed by atoms with Gasteiger partial charge in [0.15, 0.2) is 0 Å². The summed E-state index contributed by atoms with van der Waals surface area (Å²) >= 11 is 0. The molecule has 1 unspecified atom stereocenters. The Morgan fingerprint density at radius 2 is 2.00 bits per heavy atom. The lowest BCUT2D eigenvalue weighted by atomic mass is 10.0. The highest BCUT2D eigenvalue weighted by molar-refractivity contribution is 5.06. The van der Waals surface area contributed by atoms with Gasteiger partial charge in [-0.2, -0.15) is 5.26 Å². The summed E-state index contributed by atoms with van der Waals surface area (Å²) in [5.41, 5.74) is -0.392. The number of rotatable bonds is 7. The van der Waals surface area contributed by atoms with Crippen molar-refractivity contribution in [2.45, 2.75) is 63.5 Å². The Bertz CT molecular complexity index is 276. The van der Waals surface area contributed by atoms with Crippen molar-refractivity contribution in [1.29, 1.82) is 5.26 Å². The fraction of sp³-hybridized carbons (Fsp3) is 0.929. The van der Waals surface area contributed by atoms with Gasteiger partial charge in [-0.1, -0.05) is 12.8 Å². The third-order valence-electron chi connectivity index (χ3n) is 3.92. The van der Waals surface area contributed by atoms with Crippen LogP contribution in [-0.2, 0) is 4.74 Å². The molecule has 0 amide bonds. The van der Waals surface area contributed by atoms with Gasteiger partial charge in [0.1, 0.15) is 5.54 Å². The predicted molar refractivity (Wildman–Crippen MR) is 67.6 cm³/mol. The van der Waals surface area contributed by atoms with Gasteiger partial charge in [0.25, 0.3) is 0 Å². The molecule has 0 aromatic carbocycles. The summed E-state index contributed by atoms with van der Waals surface area (Å²) in [4.78, 5) is 0. The van der Waals surface area contributed by atoms with E-state index in [-0.39, 0.29) is 0 Å². The van der Waals surface area contributed by atoms with Crippen molar-refractivity contribution >= 4 is 0 Å². The van der Waals surface area contributed by atoms with Gasteiger partial charge in [-0.05, 0) is 38.5 Å². The summed E-state index contributed by atoms with van der Waals surface area (Å²) in [5, 5.41) is 12.6. The lowest BCUT2D eigenvalue weighted by Crippen LogP contribution is -2.43. The summed E-state index contributed by atoms with van der Waals surface area (Å²) in [6.45, 7) is 3.59. The summed E-state index contributed by atoms with van der Waals surface area (Å²) in [7, 11) is 0. The summed E-state index contributed by atoms with van der Waals surface area (Å²) < 4.78 is 5.73. The standard InChI is InChI=1S/C14H24N2O/c1-14(11-15,16-13-6-7-13)8-9-17-10-12-4-2-3-5-12/h12-13,16H,2-10H2,1H3. The van der Waals surface area contributed by atoms with Gasteiger partial charge in [0, 0.05) is 25.7 Å².